The lowest BCUT2D eigenvalue weighted by Crippen LogP contribution is -2.55. The maximum absolute atomic E-state index is 13.3. The van der Waals surface area contributed by atoms with Crippen LogP contribution in [0.4, 0.5) is 4.79 Å². The molecule has 2 atom stereocenters. The number of rotatable bonds is 12. The largest absolute Gasteiger partial charge is 0.480 e. The van der Waals surface area contributed by atoms with E-state index in [0.29, 0.717) is 18.9 Å². The Labute approximate surface area is 234 Å². The normalized spacial score (nSPS) is 15.6. The minimum Gasteiger partial charge on any atom is -0.480 e. The second-order valence-corrected chi connectivity index (χ2v) is 10.8. The monoisotopic (exact) mass is 541 g/mol. The summed E-state index contributed by atoms with van der Waals surface area (Å²) in [5.41, 5.74) is 5.50. The molecule has 0 heterocycles. The zero-order chi connectivity index (χ0) is 28.1. The van der Waals surface area contributed by atoms with Crippen LogP contribution in [0.2, 0.25) is 0 Å². The van der Waals surface area contributed by atoms with Gasteiger partial charge in [0.15, 0.2) is 0 Å². The number of fused-ring (bicyclic) bond motifs is 3. The minimum atomic E-state index is -1.07. The maximum Gasteiger partial charge on any atom is 0.407 e. The molecule has 0 radical (unpaired) electrons. The Morgan fingerprint density at radius 3 is 2.08 bits per heavy atom. The van der Waals surface area contributed by atoms with Crippen molar-refractivity contribution in [2.45, 2.75) is 43.8 Å². The number of carboxylic acid groups (broad SMARTS) is 1. The summed E-state index contributed by atoms with van der Waals surface area (Å²) in [5.74, 6) is -1.41. The van der Waals surface area contributed by atoms with Gasteiger partial charge in [0.1, 0.15) is 18.7 Å². The first-order valence-electron chi connectivity index (χ1n) is 13.8. The van der Waals surface area contributed by atoms with E-state index in [2.05, 4.69) is 22.8 Å². The fourth-order valence-electron chi connectivity index (χ4n) is 5.43. The molecule has 3 N–H and O–H groups in total. The third-order valence-corrected chi connectivity index (χ3v) is 7.62. The van der Waals surface area contributed by atoms with Gasteiger partial charge in [-0.2, -0.15) is 0 Å². The van der Waals surface area contributed by atoms with Crippen LogP contribution >= 0.6 is 0 Å². The van der Waals surface area contributed by atoms with E-state index in [1.165, 1.54) is 0 Å². The molecule has 8 nitrogen and oxygen atoms in total. The molecule has 2 aliphatic carbocycles. The van der Waals surface area contributed by atoms with Gasteiger partial charge in [0.25, 0.3) is 0 Å². The van der Waals surface area contributed by atoms with Crippen molar-refractivity contribution in [3.8, 4) is 11.1 Å². The highest BCUT2D eigenvalue weighted by Crippen LogP contribution is 2.44. The number of nitrogens with one attached hydrogen (secondary N) is 2. The number of carboxylic acids is 1. The average molecular weight is 542 g/mol. The molecule has 2 amide bonds. The average Bonchev–Trinajstić information content (AvgIpc) is 3.72. The van der Waals surface area contributed by atoms with Gasteiger partial charge in [0.05, 0.1) is 0 Å². The van der Waals surface area contributed by atoms with Crippen LogP contribution in [-0.2, 0) is 20.9 Å². The summed E-state index contributed by atoms with van der Waals surface area (Å²) >= 11 is 0. The molecule has 3 aromatic rings. The van der Waals surface area contributed by atoms with Gasteiger partial charge < -0.3 is 20.5 Å². The molecule has 208 valence electrons. The number of benzene rings is 3. The maximum atomic E-state index is 13.3. The highest BCUT2D eigenvalue weighted by atomic mass is 16.5. The lowest BCUT2D eigenvalue weighted by Gasteiger charge is -2.26. The predicted octanol–water partition coefficient (Wildman–Crippen LogP) is 4.40. The lowest BCUT2D eigenvalue weighted by molar-refractivity contribution is -0.142. The van der Waals surface area contributed by atoms with Crippen molar-refractivity contribution in [2.24, 2.45) is 5.92 Å². The van der Waals surface area contributed by atoms with Crippen LogP contribution in [0.3, 0.4) is 0 Å². The van der Waals surface area contributed by atoms with Gasteiger partial charge in [-0.3, -0.25) is 9.69 Å². The fourth-order valence-corrected chi connectivity index (χ4v) is 5.43. The van der Waals surface area contributed by atoms with Crippen LogP contribution in [0, 0.1) is 5.92 Å². The van der Waals surface area contributed by atoms with E-state index < -0.39 is 30.1 Å². The van der Waals surface area contributed by atoms with Gasteiger partial charge in [0, 0.05) is 19.0 Å². The summed E-state index contributed by atoms with van der Waals surface area (Å²) in [6, 6.07) is 24.0. The van der Waals surface area contributed by atoms with E-state index in [9.17, 15) is 19.5 Å². The predicted molar refractivity (Wildman–Crippen MR) is 152 cm³/mol. The van der Waals surface area contributed by atoms with Crippen LogP contribution in [0.1, 0.15) is 41.9 Å². The number of hydrogen-bond donors (Lipinski definition) is 3. The Bertz CT molecular complexity index is 1310. The topological polar surface area (TPSA) is 108 Å². The van der Waals surface area contributed by atoms with Crippen LogP contribution in [0.5, 0.6) is 0 Å². The third kappa shape index (κ3) is 6.69. The minimum absolute atomic E-state index is 0.110. The van der Waals surface area contributed by atoms with Gasteiger partial charge in [0.2, 0.25) is 5.91 Å². The first-order chi connectivity index (χ1) is 19.4. The van der Waals surface area contributed by atoms with Crippen molar-refractivity contribution in [3.63, 3.8) is 0 Å². The molecule has 0 spiro atoms. The van der Waals surface area contributed by atoms with E-state index in [4.69, 9.17) is 4.74 Å². The Morgan fingerprint density at radius 1 is 0.875 bits per heavy atom. The molecule has 5 rings (SSSR count). The Morgan fingerprint density at radius 2 is 1.48 bits per heavy atom. The van der Waals surface area contributed by atoms with E-state index in [1.807, 2.05) is 78.7 Å². The first-order valence-corrected chi connectivity index (χ1v) is 13.8. The SMILES string of the molecule is CN(Cc1ccccc1)CC(NC(=O)OCC1c2ccccc2-c2ccccc21)C(=O)NC(CC1CC1)C(=O)O. The number of likely N-dealkylation sites (N-methyl/N-ethyl adjacent to an activating group) is 1. The molecular formula is C32H35N3O5. The molecule has 0 aliphatic heterocycles. The van der Waals surface area contributed by atoms with Gasteiger partial charge in [-0.25, -0.2) is 9.59 Å². The first kappa shape index (κ1) is 27.4. The second kappa shape index (κ2) is 12.3. The zero-order valence-corrected chi connectivity index (χ0v) is 22.6. The van der Waals surface area contributed by atoms with Crippen molar-refractivity contribution in [2.75, 3.05) is 20.2 Å². The lowest BCUT2D eigenvalue weighted by atomic mass is 9.98. The third-order valence-electron chi connectivity index (χ3n) is 7.62. The molecule has 0 saturated heterocycles. The van der Waals surface area contributed by atoms with E-state index in [0.717, 1.165) is 40.7 Å². The van der Waals surface area contributed by atoms with Crippen LogP contribution in [0.15, 0.2) is 78.9 Å². The van der Waals surface area contributed by atoms with Crippen LogP contribution in [-0.4, -0.2) is 60.3 Å². The Hall–Kier alpha value is -4.17. The fraction of sp³-hybridized carbons (Fsp3) is 0.344. The van der Waals surface area contributed by atoms with Gasteiger partial charge >= 0.3 is 12.1 Å². The van der Waals surface area contributed by atoms with Gasteiger partial charge in [-0.15, -0.1) is 0 Å². The summed E-state index contributed by atoms with van der Waals surface area (Å²) in [5, 5.41) is 15.0. The molecule has 0 aromatic heterocycles. The summed E-state index contributed by atoms with van der Waals surface area (Å²) < 4.78 is 5.68. The summed E-state index contributed by atoms with van der Waals surface area (Å²) in [6.07, 6.45) is 1.62. The van der Waals surface area contributed by atoms with Gasteiger partial charge in [-0.05, 0) is 47.2 Å². The summed E-state index contributed by atoms with van der Waals surface area (Å²) in [6.45, 7) is 0.857. The smallest absolute Gasteiger partial charge is 0.407 e. The molecule has 8 heteroatoms. The molecule has 2 aliphatic rings. The van der Waals surface area contributed by atoms with Crippen LogP contribution < -0.4 is 10.6 Å². The van der Waals surface area contributed by atoms with Crippen LogP contribution in [0.25, 0.3) is 11.1 Å². The molecule has 2 unspecified atom stereocenters. The molecular weight excluding hydrogens is 506 g/mol. The standard InChI is InChI=1S/C32H35N3O5/c1-35(18-22-9-3-2-4-10-22)19-29(30(36)33-28(31(37)38)17-21-15-16-21)34-32(39)40-20-27-25-13-7-5-11-23(25)24-12-6-8-14-26(24)27/h2-14,21,27-29H,15-20H2,1H3,(H,33,36)(H,34,39)(H,37,38). The quantitative estimate of drug-likeness (QED) is 0.314. The number of carbonyl (C=O) groups is 3. The highest BCUT2D eigenvalue weighted by Gasteiger charge is 2.33. The molecule has 40 heavy (non-hydrogen) atoms. The van der Waals surface area contributed by atoms with Crippen molar-refractivity contribution in [3.05, 3.63) is 95.6 Å². The number of hydrogen-bond acceptors (Lipinski definition) is 5. The summed E-state index contributed by atoms with van der Waals surface area (Å²) in [4.78, 5) is 40.1. The van der Waals surface area contributed by atoms with E-state index >= 15 is 0 Å². The highest BCUT2D eigenvalue weighted by molar-refractivity contribution is 5.89. The molecule has 3 aromatic carbocycles. The number of alkyl carbamates (subject to hydrolysis) is 1. The van der Waals surface area contributed by atoms with Gasteiger partial charge in [-0.1, -0.05) is 91.7 Å². The molecule has 0 bridgehead atoms. The van der Waals surface area contributed by atoms with Crippen molar-refractivity contribution >= 4 is 18.0 Å². The molecule has 1 saturated carbocycles. The van der Waals surface area contributed by atoms with Crippen molar-refractivity contribution in [1.82, 2.24) is 15.5 Å². The molecule has 1 fully saturated rings. The summed E-state index contributed by atoms with van der Waals surface area (Å²) in [7, 11) is 1.85. The van der Waals surface area contributed by atoms with E-state index in [1.54, 1.807) is 0 Å². The Kier molecular flexibility index (Phi) is 8.45. The number of aliphatic carboxylic acids is 1. The number of ether oxygens (including phenoxy) is 1. The van der Waals surface area contributed by atoms with Crippen molar-refractivity contribution < 1.29 is 24.2 Å². The van der Waals surface area contributed by atoms with Crippen molar-refractivity contribution in [1.29, 1.82) is 0 Å². The zero-order valence-electron chi connectivity index (χ0n) is 22.6. The van der Waals surface area contributed by atoms with E-state index in [-0.39, 0.29) is 19.1 Å². The number of carbonyl (C=O) groups excluding carboxylic acids is 2. The Balaban J connectivity index is 1.26. The number of nitrogens with zero attached hydrogens (tertiary/aromatic N) is 1. The second-order valence-electron chi connectivity index (χ2n) is 10.8. The number of amides is 2.